The van der Waals surface area contributed by atoms with Gasteiger partial charge >= 0.3 is 0 Å². The van der Waals surface area contributed by atoms with Crippen molar-refractivity contribution in [3.63, 3.8) is 0 Å². The fourth-order valence-electron chi connectivity index (χ4n) is 1.97. The Hall–Kier alpha value is -0.860. The molecule has 0 aliphatic rings. The third-order valence-corrected chi connectivity index (χ3v) is 3.24. The molecule has 2 heteroatoms. The fourth-order valence-corrected chi connectivity index (χ4v) is 1.97. The van der Waals surface area contributed by atoms with E-state index in [2.05, 4.69) is 50.5 Å². The predicted octanol–water partition coefficient (Wildman–Crippen LogP) is 3.06. The second-order valence-electron chi connectivity index (χ2n) is 5.21. The van der Waals surface area contributed by atoms with Crippen LogP contribution in [0.2, 0.25) is 0 Å². The standard InChI is InChI=1S/C15H26N2/c1-4-13-6-8-14(9-7-13)11-15(17-16)10-5-12(2)3/h6-9,12,15,17H,4-5,10-11,16H2,1-3H3. The lowest BCUT2D eigenvalue weighted by molar-refractivity contribution is 0.434. The maximum absolute atomic E-state index is 5.61. The molecule has 17 heavy (non-hydrogen) atoms. The highest BCUT2D eigenvalue weighted by Gasteiger charge is 2.08. The van der Waals surface area contributed by atoms with Crippen molar-refractivity contribution in [2.45, 2.75) is 52.5 Å². The summed E-state index contributed by atoms with van der Waals surface area (Å²) >= 11 is 0. The summed E-state index contributed by atoms with van der Waals surface area (Å²) in [7, 11) is 0. The molecule has 1 unspecified atom stereocenters. The average molecular weight is 234 g/mol. The Labute approximate surface area is 106 Å². The first-order valence-electron chi connectivity index (χ1n) is 6.69. The van der Waals surface area contributed by atoms with Gasteiger partial charge in [-0.15, -0.1) is 0 Å². The molecule has 1 aromatic rings. The zero-order chi connectivity index (χ0) is 12.7. The minimum atomic E-state index is 0.393. The first kappa shape index (κ1) is 14.2. The van der Waals surface area contributed by atoms with Crippen LogP contribution < -0.4 is 11.3 Å². The molecular formula is C15H26N2. The number of nitrogens with two attached hydrogens (primary N) is 1. The van der Waals surface area contributed by atoms with E-state index in [9.17, 15) is 0 Å². The number of hydrogen-bond acceptors (Lipinski definition) is 2. The van der Waals surface area contributed by atoms with Crippen LogP contribution in [-0.2, 0) is 12.8 Å². The van der Waals surface area contributed by atoms with Crippen LogP contribution in [0.4, 0.5) is 0 Å². The third-order valence-electron chi connectivity index (χ3n) is 3.24. The normalized spacial score (nSPS) is 13.0. The summed E-state index contributed by atoms with van der Waals surface area (Å²) in [5.74, 6) is 6.36. The summed E-state index contributed by atoms with van der Waals surface area (Å²) in [6.07, 6.45) is 4.49. The van der Waals surface area contributed by atoms with Gasteiger partial charge in [-0.2, -0.15) is 0 Å². The number of rotatable bonds is 7. The molecule has 1 atom stereocenters. The van der Waals surface area contributed by atoms with E-state index >= 15 is 0 Å². The van der Waals surface area contributed by atoms with E-state index in [-0.39, 0.29) is 0 Å². The molecule has 0 saturated carbocycles. The van der Waals surface area contributed by atoms with Crippen LogP contribution in [-0.4, -0.2) is 6.04 Å². The van der Waals surface area contributed by atoms with Crippen molar-refractivity contribution in [3.8, 4) is 0 Å². The minimum Gasteiger partial charge on any atom is -0.271 e. The second kappa shape index (κ2) is 7.46. The van der Waals surface area contributed by atoms with Crippen LogP contribution in [0.25, 0.3) is 0 Å². The molecule has 3 N–H and O–H groups in total. The predicted molar refractivity (Wildman–Crippen MR) is 74.7 cm³/mol. The zero-order valence-electron chi connectivity index (χ0n) is 11.4. The first-order valence-corrected chi connectivity index (χ1v) is 6.69. The van der Waals surface area contributed by atoms with Gasteiger partial charge in [0.1, 0.15) is 0 Å². The highest BCUT2D eigenvalue weighted by atomic mass is 15.2. The van der Waals surface area contributed by atoms with Gasteiger partial charge < -0.3 is 0 Å². The van der Waals surface area contributed by atoms with Crippen LogP contribution in [0.3, 0.4) is 0 Å². The monoisotopic (exact) mass is 234 g/mol. The number of nitrogens with one attached hydrogen (secondary N) is 1. The number of benzene rings is 1. The number of hydrazine groups is 1. The molecule has 1 aromatic carbocycles. The Bertz CT molecular complexity index is 303. The molecule has 0 radical (unpaired) electrons. The van der Waals surface area contributed by atoms with Crippen LogP contribution in [0.1, 0.15) is 44.7 Å². The van der Waals surface area contributed by atoms with Crippen molar-refractivity contribution in [2.75, 3.05) is 0 Å². The lowest BCUT2D eigenvalue weighted by atomic mass is 9.97. The Kier molecular flexibility index (Phi) is 6.23. The van der Waals surface area contributed by atoms with Crippen molar-refractivity contribution >= 4 is 0 Å². The van der Waals surface area contributed by atoms with E-state index in [1.54, 1.807) is 0 Å². The van der Waals surface area contributed by atoms with E-state index < -0.39 is 0 Å². The Balaban J connectivity index is 2.48. The van der Waals surface area contributed by atoms with Gasteiger partial charge in [0.15, 0.2) is 0 Å². The van der Waals surface area contributed by atoms with Crippen molar-refractivity contribution in [3.05, 3.63) is 35.4 Å². The van der Waals surface area contributed by atoms with Crippen LogP contribution in [0.5, 0.6) is 0 Å². The largest absolute Gasteiger partial charge is 0.271 e. The molecular weight excluding hydrogens is 208 g/mol. The summed E-state index contributed by atoms with van der Waals surface area (Å²) in [4.78, 5) is 0. The van der Waals surface area contributed by atoms with Crippen molar-refractivity contribution in [2.24, 2.45) is 11.8 Å². The van der Waals surface area contributed by atoms with Crippen LogP contribution in [0.15, 0.2) is 24.3 Å². The van der Waals surface area contributed by atoms with Gasteiger partial charge in [-0.05, 0) is 42.7 Å². The molecule has 0 aromatic heterocycles. The van der Waals surface area contributed by atoms with Crippen molar-refractivity contribution in [1.29, 1.82) is 0 Å². The average Bonchev–Trinajstić information content (AvgIpc) is 2.35. The Morgan fingerprint density at radius 2 is 1.65 bits per heavy atom. The SMILES string of the molecule is CCc1ccc(CC(CCC(C)C)NN)cc1. The van der Waals surface area contributed by atoms with Crippen LogP contribution in [0, 0.1) is 5.92 Å². The molecule has 0 heterocycles. The van der Waals surface area contributed by atoms with Crippen molar-refractivity contribution in [1.82, 2.24) is 5.43 Å². The Morgan fingerprint density at radius 3 is 2.12 bits per heavy atom. The van der Waals surface area contributed by atoms with Gasteiger partial charge in [0.25, 0.3) is 0 Å². The summed E-state index contributed by atoms with van der Waals surface area (Å²) < 4.78 is 0. The van der Waals surface area contributed by atoms with Gasteiger partial charge in [-0.1, -0.05) is 45.0 Å². The van der Waals surface area contributed by atoms with Gasteiger partial charge in [0.2, 0.25) is 0 Å². The molecule has 0 spiro atoms. The maximum atomic E-state index is 5.61. The van der Waals surface area contributed by atoms with Gasteiger partial charge in [-0.25, -0.2) is 0 Å². The summed E-state index contributed by atoms with van der Waals surface area (Å²) in [6.45, 7) is 6.69. The smallest absolute Gasteiger partial charge is 0.0251 e. The third kappa shape index (κ3) is 5.33. The first-order chi connectivity index (χ1) is 8.15. The molecule has 2 nitrogen and oxygen atoms in total. The zero-order valence-corrected chi connectivity index (χ0v) is 11.4. The number of hydrogen-bond donors (Lipinski definition) is 2. The van der Waals surface area contributed by atoms with Gasteiger partial charge in [-0.3, -0.25) is 11.3 Å². The highest BCUT2D eigenvalue weighted by molar-refractivity contribution is 5.23. The second-order valence-corrected chi connectivity index (χ2v) is 5.21. The molecule has 0 saturated heterocycles. The number of aryl methyl sites for hydroxylation is 1. The lowest BCUT2D eigenvalue weighted by Crippen LogP contribution is -2.37. The molecule has 0 fully saturated rings. The highest BCUT2D eigenvalue weighted by Crippen LogP contribution is 2.12. The molecule has 0 bridgehead atoms. The van der Waals surface area contributed by atoms with E-state index in [0.29, 0.717) is 6.04 Å². The van der Waals surface area contributed by atoms with E-state index in [1.807, 2.05) is 0 Å². The maximum Gasteiger partial charge on any atom is 0.0251 e. The molecule has 0 aliphatic heterocycles. The van der Waals surface area contributed by atoms with Gasteiger partial charge in [0.05, 0.1) is 0 Å². The molecule has 0 amide bonds. The van der Waals surface area contributed by atoms with Crippen LogP contribution >= 0.6 is 0 Å². The van der Waals surface area contributed by atoms with Crippen molar-refractivity contribution < 1.29 is 0 Å². The topological polar surface area (TPSA) is 38.0 Å². The molecule has 0 aliphatic carbocycles. The summed E-state index contributed by atoms with van der Waals surface area (Å²) in [5.41, 5.74) is 5.70. The lowest BCUT2D eigenvalue weighted by Gasteiger charge is -2.17. The summed E-state index contributed by atoms with van der Waals surface area (Å²) in [5, 5.41) is 0. The van der Waals surface area contributed by atoms with Gasteiger partial charge in [0, 0.05) is 6.04 Å². The minimum absolute atomic E-state index is 0.393. The van der Waals surface area contributed by atoms with E-state index in [4.69, 9.17) is 5.84 Å². The quantitative estimate of drug-likeness (QED) is 0.562. The summed E-state index contributed by atoms with van der Waals surface area (Å²) in [6, 6.07) is 9.26. The van der Waals surface area contributed by atoms with E-state index in [1.165, 1.54) is 17.5 Å². The molecule has 1 rings (SSSR count). The fraction of sp³-hybridized carbons (Fsp3) is 0.600. The Morgan fingerprint density at radius 1 is 1.06 bits per heavy atom. The van der Waals surface area contributed by atoms with E-state index in [0.717, 1.165) is 25.2 Å². The molecule has 96 valence electrons.